The van der Waals surface area contributed by atoms with Gasteiger partial charge < -0.3 is 5.73 Å². The number of hydrogen-bond acceptors (Lipinski definition) is 2. The fourth-order valence-electron chi connectivity index (χ4n) is 1.23. The Kier molecular flexibility index (Phi) is 4.42. The lowest BCUT2D eigenvalue weighted by atomic mass is 10.1. The maximum Gasteiger partial charge on any atom is 0.0317 e. The molecule has 0 saturated carbocycles. The number of thiophene rings is 1. The molecule has 1 atom stereocenters. The summed E-state index contributed by atoms with van der Waals surface area (Å²) in [6.07, 6.45) is 2.22. The molecule has 0 aromatic carbocycles. The Labute approximate surface area is 92.5 Å². The largest absolute Gasteiger partial charge is 0.330 e. The van der Waals surface area contributed by atoms with Crippen molar-refractivity contribution in [3.8, 4) is 0 Å². The van der Waals surface area contributed by atoms with Crippen molar-refractivity contribution >= 4 is 27.3 Å². The van der Waals surface area contributed by atoms with Gasteiger partial charge in [0, 0.05) is 14.2 Å². The van der Waals surface area contributed by atoms with E-state index in [4.69, 9.17) is 5.73 Å². The van der Waals surface area contributed by atoms with Crippen LogP contribution < -0.4 is 5.73 Å². The van der Waals surface area contributed by atoms with Gasteiger partial charge in [-0.05, 0) is 47.3 Å². The molecule has 1 aromatic heterocycles. The molecule has 1 nitrogen and oxygen atoms in total. The summed E-state index contributed by atoms with van der Waals surface area (Å²) >= 11 is 5.47. The van der Waals surface area contributed by atoms with E-state index in [0.29, 0.717) is 5.92 Å². The van der Waals surface area contributed by atoms with Crippen LogP contribution in [0, 0.1) is 5.92 Å². The standard InChI is InChI=1S/C10H16BrNS/c1-3-10-9(11)5-8(13-10)4-7(2)6-12/h5,7H,3-4,6,12H2,1-2H3. The second kappa shape index (κ2) is 5.13. The Hall–Kier alpha value is 0.140. The minimum absolute atomic E-state index is 0.593. The first-order chi connectivity index (χ1) is 6.17. The fourth-order valence-corrected chi connectivity index (χ4v) is 3.34. The molecule has 0 aliphatic rings. The van der Waals surface area contributed by atoms with Crippen LogP contribution in [0.5, 0.6) is 0 Å². The minimum Gasteiger partial charge on any atom is -0.330 e. The molecule has 74 valence electrons. The van der Waals surface area contributed by atoms with E-state index in [-0.39, 0.29) is 0 Å². The van der Waals surface area contributed by atoms with E-state index >= 15 is 0 Å². The van der Waals surface area contributed by atoms with E-state index in [9.17, 15) is 0 Å². The van der Waals surface area contributed by atoms with Crippen molar-refractivity contribution in [1.82, 2.24) is 0 Å². The van der Waals surface area contributed by atoms with Crippen molar-refractivity contribution in [3.63, 3.8) is 0 Å². The molecule has 0 saturated heterocycles. The highest BCUT2D eigenvalue weighted by molar-refractivity contribution is 9.10. The summed E-state index contributed by atoms with van der Waals surface area (Å²) in [5.74, 6) is 0.593. The van der Waals surface area contributed by atoms with Crippen molar-refractivity contribution < 1.29 is 0 Å². The smallest absolute Gasteiger partial charge is 0.0317 e. The Balaban J connectivity index is 2.67. The highest BCUT2D eigenvalue weighted by Gasteiger charge is 2.07. The summed E-state index contributed by atoms with van der Waals surface area (Å²) in [6.45, 7) is 5.16. The highest BCUT2D eigenvalue weighted by Crippen LogP contribution is 2.29. The molecule has 2 N–H and O–H groups in total. The van der Waals surface area contributed by atoms with Crippen LogP contribution in [0.4, 0.5) is 0 Å². The number of aryl methyl sites for hydroxylation is 1. The van der Waals surface area contributed by atoms with Crippen LogP contribution in [0.2, 0.25) is 0 Å². The van der Waals surface area contributed by atoms with Gasteiger partial charge >= 0.3 is 0 Å². The van der Waals surface area contributed by atoms with Gasteiger partial charge in [0.15, 0.2) is 0 Å². The maximum absolute atomic E-state index is 5.59. The van der Waals surface area contributed by atoms with Gasteiger partial charge in [0.25, 0.3) is 0 Å². The van der Waals surface area contributed by atoms with Crippen molar-refractivity contribution in [2.75, 3.05) is 6.54 Å². The average molecular weight is 262 g/mol. The van der Waals surface area contributed by atoms with Crippen LogP contribution in [0.3, 0.4) is 0 Å². The van der Waals surface area contributed by atoms with Crippen molar-refractivity contribution in [2.45, 2.75) is 26.7 Å². The molecule has 3 heteroatoms. The quantitative estimate of drug-likeness (QED) is 0.885. The first kappa shape index (κ1) is 11.2. The minimum atomic E-state index is 0.593. The number of hydrogen-bond donors (Lipinski definition) is 1. The fraction of sp³-hybridized carbons (Fsp3) is 0.600. The van der Waals surface area contributed by atoms with E-state index in [2.05, 4.69) is 35.8 Å². The van der Waals surface area contributed by atoms with Crippen LogP contribution in [-0.2, 0) is 12.8 Å². The van der Waals surface area contributed by atoms with E-state index < -0.39 is 0 Å². The molecule has 0 fully saturated rings. The van der Waals surface area contributed by atoms with E-state index in [1.54, 1.807) is 0 Å². The second-order valence-corrected chi connectivity index (χ2v) is 5.46. The molecule has 0 amide bonds. The van der Waals surface area contributed by atoms with Crippen molar-refractivity contribution in [2.24, 2.45) is 11.7 Å². The first-order valence-electron chi connectivity index (χ1n) is 4.64. The lowest BCUT2D eigenvalue weighted by Gasteiger charge is -2.04. The van der Waals surface area contributed by atoms with Crippen LogP contribution in [0.1, 0.15) is 23.6 Å². The van der Waals surface area contributed by atoms with E-state index in [0.717, 1.165) is 19.4 Å². The third kappa shape index (κ3) is 3.08. The number of halogens is 1. The highest BCUT2D eigenvalue weighted by atomic mass is 79.9. The SMILES string of the molecule is CCc1sc(CC(C)CN)cc1Br. The molecule has 0 spiro atoms. The molecule has 0 aliphatic heterocycles. The molecule has 1 unspecified atom stereocenters. The topological polar surface area (TPSA) is 26.0 Å². The molecule has 0 aliphatic carbocycles. The van der Waals surface area contributed by atoms with Gasteiger partial charge in [0.05, 0.1) is 0 Å². The third-order valence-corrected chi connectivity index (χ3v) is 4.35. The van der Waals surface area contributed by atoms with Crippen LogP contribution in [0.15, 0.2) is 10.5 Å². The Bertz CT molecular complexity index is 270. The summed E-state index contributed by atoms with van der Waals surface area (Å²) in [6, 6.07) is 2.23. The maximum atomic E-state index is 5.59. The van der Waals surface area contributed by atoms with Gasteiger partial charge in [-0.2, -0.15) is 0 Å². The molecule has 1 rings (SSSR count). The zero-order valence-corrected chi connectivity index (χ0v) is 10.5. The summed E-state index contributed by atoms with van der Waals surface area (Å²) in [4.78, 5) is 2.89. The first-order valence-corrected chi connectivity index (χ1v) is 6.25. The second-order valence-electron chi connectivity index (χ2n) is 3.38. The number of rotatable bonds is 4. The summed E-state index contributed by atoms with van der Waals surface area (Å²) in [5.41, 5.74) is 5.59. The molecule has 0 bridgehead atoms. The van der Waals surface area contributed by atoms with Gasteiger partial charge in [-0.25, -0.2) is 0 Å². The third-order valence-electron chi connectivity index (χ3n) is 2.08. The molecule has 1 heterocycles. The predicted octanol–water partition coefficient (Wildman–Crippen LogP) is 3.21. The summed E-state index contributed by atoms with van der Waals surface area (Å²) in [5, 5.41) is 0. The monoisotopic (exact) mass is 261 g/mol. The molecule has 1 aromatic rings. The van der Waals surface area contributed by atoms with Crippen molar-refractivity contribution in [1.29, 1.82) is 0 Å². The number of nitrogens with two attached hydrogens (primary N) is 1. The van der Waals surface area contributed by atoms with Crippen LogP contribution >= 0.6 is 27.3 Å². The zero-order valence-electron chi connectivity index (χ0n) is 8.14. The summed E-state index contributed by atoms with van der Waals surface area (Å²) < 4.78 is 1.26. The van der Waals surface area contributed by atoms with Gasteiger partial charge in [0.2, 0.25) is 0 Å². The van der Waals surface area contributed by atoms with Crippen molar-refractivity contribution in [3.05, 3.63) is 20.3 Å². The Morgan fingerprint density at radius 2 is 2.31 bits per heavy atom. The predicted molar refractivity (Wildman–Crippen MR) is 63.3 cm³/mol. The van der Waals surface area contributed by atoms with Gasteiger partial charge in [-0.1, -0.05) is 13.8 Å². The lowest BCUT2D eigenvalue weighted by Crippen LogP contribution is -2.12. The molecule has 13 heavy (non-hydrogen) atoms. The average Bonchev–Trinajstić information content (AvgIpc) is 2.46. The van der Waals surface area contributed by atoms with Crippen LogP contribution in [-0.4, -0.2) is 6.54 Å². The summed E-state index contributed by atoms with van der Waals surface area (Å²) in [7, 11) is 0. The lowest BCUT2D eigenvalue weighted by molar-refractivity contribution is 0.598. The van der Waals surface area contributed by atoms with Gasteiger partial charge in [0.1, 0.15) is 0 Å². The van der Waals surface area contributed by atoms with Gasteiger partial charge in [-0.15, -0.1) is 11.3 Å². The molecule has 0 radical (unpaired) electrons. The molecular formula is C10H16BrNS. The Morgan fingerprint density at radius 3 is 2.77 bits per heavy atom. The normalized spacial score (nSPS) is 13.2. The molecular weight excluding hydrogens is 246 g/mol. The van der Waals surface area contributed by atoms with E-state index in [1.807, 2.05) is 11.3 Å². The van der Waals surface area contributed by atoms with Crippen LogP contribution in [0.25, 0.3) is 0 Å². The van der Waals surface area contributed by atoms with E-state index in [1.165, 1.54) is 14.2 Å². The van der Waals surface area contributed by atoms with Gasteiger partial charge in [-0.3, -0.25) is 0 Å². The zero-order chi connectivity index (χ0) is 9.84. The Morgan fingerprint density at radius 1 is 1.62 bits per heavy atom.